The van der Waals surface area contributed by atoms with Gasteiger partial charge in [0, 0.05) is 5.02 Å². The van der Waals surface area contributed by atoms with Crippen molar-refractivity contribution < 1.29 is 9.63 Å². The summed E-state index contributed by atoms with van der Waals surface area (Å²) in [5, 5.41) is 13.9. The molecule has 2 aromatic rings. The molecule has 0 saturated heterocycles. The minimum Gasteiger partial charge on any atom is -0.380 e. The Morgan fingerprint density at radius 1 is 1.33 bits per heavy atom. The lowest BCUT2D eigenvalue weighted by Gasteiger charge is -2.05. The van der Waals surface area contributed by atoms with Crippen LogP contribution in [0.2, 0.25) is 5.02 Å². The third kappa shape index (κ3) is 2.08. The second kappa shape index (κ2) is 3.88. The van der Waals surface area contributed by atoms with Gasteiger partial charge in [-0.25, -0.2) is 0 Å². The molecule has 0 radical (unpaired) electrons. The van der Waals surface area contributed by atoms with Gasteiger partial charge >= 0.3 is 6.01 Å². The van der Waals surface area contributed by atoms with Gasteiger partial charge in [0.05, 0.1) is 0 Å². The maximum Gasteiger partial charge on any atom is 0.318 e. The van der Waals surface area contributed by atoms with Gasteiger partial charge in [0.2, 0.25) is 5.82 Å². The molecule has 0 spiro atoms. The fourth-order valence-electron chi connectivity index (χ4n) is 1.15. The zero-order valence-electron chi connectivity index (χ0n) is 7.59. The van der Waals surface area contributed by atoms with E-state index in [4.69, 9.17) is 17.3 Å². The molecular formula is C9H8ClN3O2. The number of rotatable bonds is 2. The van der Waals surface area contributed by atoms with Crippen molar-refractivity contribution in [3.8, 4) is 0 Å². The van der Waals surface area contributed by atoms with E-state index in [-0.39, 0.29) is 11.8 Å². The molecule has 1 aromatic heterocycles. The normalized spacial score (nSPS) is 12.7. The lowest BCUT2D eigenvalue weighted by molar-refractivity contribution is 0.204. The van der Waals surface area contributed by atoms with Crippen LogP contribution in [0.4, 0.5) is 6.01 Å². The van der Waals surface area contributed by atoms with Crippen molar-refractivity contribution in [3.05, 3.63) is 40.7 Å². The largest absolute Gasteiger partial charge is 0.380 e. The maximum atomic E-state index is 9.81. The molecule has 0 fully saturated rings. The summed E-state index contributed by atoms with van der Waals surface area (Å²) in [4.78, 5) is 3.73. The summed E-state index contributed by atoms with van der Waals surface area (Å²) in [7, 11) is 0. The van der Waals surface area contributed by atoms with Gasteiger partial charge in [-0.05, 0) is 17.7 Å². The van der Waals surface area contributed by atoms with Gasteiger partial charge in [-0.15, -0.1) is 0 Å². The highest BCUT2D eigenvalue weighted by Crippen LogP contribution is 2.21. The van der Waals surface area contributed by atoms with Crippen LogP contribution < -0.4 is 5.73 Å². The van der Waals surface area contributed by atoms with Crippen LogP contribution in [-0.2, 0) is 0 Å². The maximum absolute atomic E-state index is 9.81. The average Bonchev–Trinajstić information content (AvgIpc) is 2.65. The number of benzene rings is 1. The van der Waals surface area contributed by atoms with Gasteiger partial charge < -0.3 is 15.4 Å². The van der Waals surface area contributed by atoms with E-state index >= 15 is 0 Å². The van der Waals surface area contributed by atoms with Crippen LogP contribution in [0.3, 0.4) is 0 Å². The van der Waals surface area contributed by atoms with Crippen LogP contribution in [0.5, 0.6) is 0 Å². The number of nitrogens with zero attached hydrogens (tertiary/aromatic N) is 2. The summed E-state index contributed by atoms with van der Waals surface area (Å²) in [5.74, 6) is 0.134. The number of halogens is 1. The van der Waals surface area contributed by atoms with Crippen LogP contribution in [0.25, 0.3) is 0 Å². The quantitative estimate of drug-likeness (QED) is 0.807. The van der Waals surface area contributed by atoms with E-state index < -0.39 is 6.10 Å². The van der Waals surface area contributed by atoms with Crippen LogP contribution in [0.1, 0.15) is 17.5 Å². The molecular weight excluding hydrogens is 218 g/mol. The fraction of sp³-hybridized carbons (Fsp3) is 0.111. The van der Waals surface area contributed by atoms with Gasteiger partial charge in [0.15, 0.2) is 0 Å². The van der Waals surface area contributed by atoms with E-state index in [0.717, 1.165) is 0 Å². The molecule has 0 bridgehead atoms. The zero-order chi connectivity index (χ0) is 10.8. The Hall–Kier alpha value is -1.59. The summed E-state index contributed by atoms with van der Waals surface area (Å²) in [6.45, 7) is 0. The number of nitrogens with two attached hydrogens (primary N) is 1. The van der Waals surface area contributed by atoms with E-state index in [1.807, 2.05) is 0 Å². The first-order chi connectivity index (χ1) is 7.16. The Labute approximate surface area is 90.5 Å². The summed E-state index contributed by atoms with van der Waals surface area (Å²) in [6.07, 6.45) is -0.955. The van der Waals surface area contributed by atoms with Crippen molar-refractivity contribution in [2.24, 2.45) is 0 Å². The molecule has 5 nitrogen and oxygen atoms in total. The predicted molar refractivity (Wildman–Crippen MR) is 54.2 cm³/mol. The lowest BCUT2D eigenvalue weighted by Crippen LogP contribution is -2.01. The standard InChI is InChI=1S/C9H8ClN3O2/c10-6-3-1-5(2-4-6)7(14)8-12-9(11)15-13-8/h1-4,7,14H,(H2,11,12,13). The second-order valence-electron chi connectivity index (χ2n) is 2.94. The molecule has 1 aromatic carbocycles. The molecule has 1 unspecified atom stereocenters. The van der Waals surface area contributed by atoms with Crippen LogP contribution in [0, 0.1) is 0 Å². The molecule has 78 valence electrons. The van der Waals surface area contributed by atoms with Gasteiger partial charge in [-0.1, -0.05) is 28.9 Å². The van der Waals surface area contributed by atoms with Crippen LogP contribution in [0.15, 0.2) is 28.8 Å². The number of hydrogen-bond donors (Lipinski definition) is 2. The SMILES string of the molecule is Nc1nc(C(O)c2ccc(Cl)cc2)no1. The van der Waals surface area contributed by atoms with E-state index in [0.29, 0.717) is 10.6 Å². The minimum absolute atomic E-state index is 0.0713. The van der Waals surface area contributed by atoms with Crippen molar-refractivity contribution in [3.63, 3.8) is 0 Å². The average molecular weight is 226 g/mol. The minimum atomic E-state index is -0.955. The highest BCUT2D eigenvalue weighted by atomic mass is 35.5. The first-order valence-electron chi connectivity index (χ1n) is 4.19. The molecule has 0 amide bonds. The Bertz CT molecular complexity index is 455. The third-order valence-electron chi connectivity index (χ3n) is 1.89. The molecule has 0 saturated carbocycles. The molecule has 3 N–H and O–H groups in total. The number of aromatic nitrogens is 2. The summed E-state index contributed by atoms with van der Waals surface area (Å²) < 4.78 is 4.56. The first-order valence-corrected chi connectivity index (χ1v) is 4.57. The Morgan fingerprint density at radius 3 is 2.53 bits per heavy atom. The van der Waals surface area contributed by atoms with Crippen LogP contribution >= 0.6 is 11.6 Å². The lowest BCUT2D eigenvalue weighted by atomic mass is 10.1. The highest BCUT2D eigenvalue weighted by Gasteiger charge is 2.16. The molecule has 2 rings (SSSR count). The Kier molecular flexibility index (Phi) is 2.57. The molecule has 0 aliphatic heterocycles. The number of anilines is 1. The molecule has 0 aliphatic carbocycles. The van der Waals surface area contributed by atoms with E-state index in [1.165, 1.54) is 0 Å². The summed E-state index contributed by atoms with van der Waals surface area (Å²) in [6, 6.07) is 6.63. The van der Waals surface area contributed by atoms with Crippen molar-refractivity contribution in [1.82, 2.24) is 10.1 Å². The van der Waals surface area contributed by atoms with Crippen LogP contribution in [-0.4, -0.2) is 15.2 Å². The molecule has 6 heteroatoms. The smallest absolute Gasteiger partial charge is 0.318 e. The first kappa shape index (κ1) is 9.95. The summed E-state index contributed by atoms with van der Waals surface area (Å²) in [5.41, 5.74) is 5.87. The van der Waals surface area contributed by atoms with Crippen molar-refractivity contribution >= 4 is 17.6 Å². The molecule has 1 atom stereocenters. The van der Waals surface area contributed by atoms with Crippen molar-refractivity contribution in [1.29, 1.82) is 0 Å². The predicted octanol–water partition coefficient (Wildman–Crippen LogP) is 1.39. The molecule has 0 aliphatic rings. The van der Waals surface area contributed by atoms with Gasteiger partial charge in [0.25, 0.3) is 0 Å². The topological polar surface area (TPSA) is 85.2 Å². The van der Waals surface area contributed by atoms with Crippen molar-refractivity contribution in [2.75, 3.05) is 5.73 Å². The number of hydrogen-bond acceptors (Lipinski definition) is 5. The molecule has 15 heavy (non-hydrogen) atoms. The van der Waals surface area contributed by atoms with Gasteiger partial charge in [-0.3, -0.25) is 0 Å². The van der Waals surface area contributed by atoms with E-state index in [1.54, 1.807) is 24.3 Å². The number of aliphatic hydroxyl groups is 1. The number of nitrogen functional groups attached to an aromatic ring is 1. The van der Waals surface area contributed by atoms with Gasteiger partial charge in [-0.2, -0.15) is 4.98 Å². The second-order valence-corrected chi connectivity index (χ2v) is 3.38. The van der Waals surface area contributed by atoms with Crippen molar-refractivity contribution in [2.45, 2.75) is 6.10 Å². The monoisotopic (exact) mass is 225 g/mol. The molecule has 1 heterocycles. The Morgan fingerprint density at radius 2 is 2.00 bits per heavy atom. The van der Waals surface area contributed by atoms with Gasteiger partial charge in [0.1, 0.15) is 6.10 Å². The number of aliphatic hydroxyl groups excluding tert-OH is 1. The van der Waals surface area contributed by atoms with E-state index in [2.05, 4.69) is 14.7 Å². The highest BCUT2D eigenvalue weighted by molar-refractivity contribution is 6.30. The Balaban J connectivity index is 2.28. The third-order valence-corrected chi connectivity index (χ3v) is 2.14. The zero-order valence-corrected chi connectivity index (χ0v) is 8.35. The summed E-state index contributed by atoms with van der Waals surface area (Å²) >= 11 is 5.72. The fourth-order valence-corrected chi connectivity index (χ4v) is 1.28. The van der Waals surface area contributed by atoms with E-state index in [9.17, 15) is 5.11 Å².